The van der Waals surface area contributed by atoms with Gasteiger partial charge in [-0.15, -0.1) is 0 Å². The molecule has 1 aliphatic rings. The first kappa shape index (κ1) is 12.7. The van der Waals surface area contributed by atoms with Crippen LogP contribution in [-0.2, 0) is 14.4 Å². The van der Waals surface area contributed by atoms with Crippen molar-refractivity contribution in [3.8, 4) is 0 Å². The largest absolute Gasteiger partial charge is 0.481 e. The number of carbonyl (C=O) groups is 3. The van der Waals surface area contributed by atoms with E-state index >= 15 is 0 Å². The van der Waals surface area contributed by atoms with Gasteiger partial charge in [0.25, 0.3) is 0 Å². The standard InChI is InChI=1S/C11H17NO4/c1-2-8(6-9(13)7-11(15)16)12-5-3-4-10(12)14/h8H,2-7H2,1H3,(H,15,16). The fraction of sp³-hybridized carbons (Fsp3) is 0.727. The van der Waals surface area contributed by atoms with Crippen molar-refractivity contribution in [2.24, 2.45) is 0 Å². The normalized spacial score (nSPS) is 17.6. The van der Waals surface area contributed by atoms with Crippen LogP contribution < -0.4 is 0 Å². The van der Waals surface area contributed by atoms with E-state index in [1.165, 1.54) is 0 Å². The highest BCUT2D eigenvalue weighted by Crippen LogP contribution is 2.18. The lowest BCUT2D eigenvalue weighted by Crippen LogP contribution is -2.37. The number of aliphatic carboxylic acids is 1. The van der Waals surface area contributed by atoms with Crippen molar-refractivity contribution in [1.82, 2.24) is 4.90 Å². The SMILES string of the molecule is CCC(CC(=O)CC(=O)O)N1CCCC1=O. The van der Waals surface area contributed by atoms with Crippen LogP contribution in [0.5, 0.6) is 0 Å². The van der Waals surface area contributed by atoms with Crippen LogP contribution in [0.2, 0.25) is 0 Å². The predicted octanol–water partition coefficient (Wildman–Crippen LogP) is 0.821. The topological polar surface area (TPSA) is 74.7 Å². The number of hydrogen-bond acceptors (Lipinski definition) is 3. The number of carboxylic acid groups (broad SMARTS) is 1. The molecule has 1 N–H and O–H groups in total. The molecule has 0 aromatic carbocycles. The van der Waals surface area contributed by atoms with Gasteiger partial charge in [-0.05, 0) is 12.8 Å². The second-order valence-electron chi connectivity index (χ2n) is 4.07. The molecule has 0 radical (unpaired) electrons. The van der Waals surface area contributed by atoms with Crippen molar-refractivity contribution >= 4 is 17.7 Å². The summed E-state index contributed by atoms with van der Waals surface area (Å²) in [6.45, 7) is 2.60. The lowest BCUT2D eigenvalue weighted by Gasteiger charge is -2.26. The van der Waals surface area contributed by atoms with Crippen LogP contribution in [0.1, 0.15) is 39.0 Å². The first-order valence-electron chi connectivity index (χ1n) is 5.57. The van der Waals surface area contributed by atoms with Gasteiger partial charge < -0.3 is 10.0 Å². The number of amides is 1. The number of carbonyl (C=O) groups excluding carboxylic acids is 2. The summed E-state index contributed by atoms with van der Waals surface area (Å²) in [5.41, 5.74) is 0. The fourth-order valence-electron chi connectivity index (χ4n) is 2.03. The van der Waals surface area contributed by atoms with Crippen molar-refractivity contribution in [2.75, 3.05) is 6.54 Å². The summed E-state index contributed by atoms with van der Waals surface area (Å²) in [5, 5.41) is 8.49. The van der Waals surface area contributed by atoms with Gasteiger partial charge in [-0.2, -0.15) is 0 Å². The molecule has 16 heavy (non-hydrogen) atoms. The Bertz CT molecular complexity index is 300. The molecule has 1 heterocycles. The molecule has 0 bridgehead atoms. The van der Waals surface area contributed by atoms with E-state index in [-0.39, 0.29) is 24.2 Å². The third kappa shape index (κ3) is 3.32. The summed E-state index contributed by atoms with van der Waals surface area (Å²) in [7, 11) is 0. The average Bonchev–Trinajstić information content (AvgIpc) is 2.60. The quantitative estimate of drug-likeness (QED) is 0.682. The van der Waals surface area contributed by atoms with Crippen LogP contribution in [-0.4, -0.2) is 40.3 Å². The van der Waals surface area contributed by atoms with E-state index in [0.29, 0.717) is 19.4 Å². The van der Waals surface area contributed by atoms with Crippen molar-refractivity contribution in [1.29, 1.82) is 0 Å². The summed E-state index contributed by atoms with van der Waals surface area (Å²) in [5.74, 6) is -1.33. The molecule has 0 spiro atoms. The number of hydrogen-bond donors (Lipinski definition) is 1. The van der Waals surface area contributed by atoms with Crippen molar-refractivity contribution < 1.29 is 19.5 Å². The highest BCUT2D eigenvalue weighted by Gasteiger charge is 2.28. The highest BCUT2D eigenvalue weighted by molar-refractivity contribution is 5.95. The van der Waals surface area contributed by atoms with Crippen molar-refractivity contribution in [3.05, 3.63) is 0 Å². The van der Waals surface area contributed by atoms with E-state index in [2.05, 4.69) is 0 Å². The first-order chi connectivity index (χ1) is 7.54. The van der Waals surface area contributed by atoms with Gasteiger partial charge in [-0.25, -0.2) is 0 Å². The molecule has 1 fully saturated rings. The first-order valence-corrected chi connectivity index (χ1v) is 5.57. The molecule has 5 nitrogen and oxygen atoms in total. The number of ketones is 1. The van der Waals surface area contributed by atoms with Crippen LogP contribution in [0.15, 0.2) is 0 Å². The van der Waals surface area contributed by atoms with Gasteiger partial charge in [0.15, 0.2) is 0 Å². The Labute approximate surface area is 94.4 Å². The van der Waals surface area contributed by atoms with E-state index in [0.717, 1.165) is 6.42 Å². The second-order valence-corrected chi connectivity index (χ2v) is 4.07. The molecule has 0 aromatic heterocycles. The maximum Gasteiger partial charge on any atom is 0.310 e. The monoisotopic (exact) mass is 227 g/mol. The van der Waals surface area contributed by atoms with Crippen LogP contribution in [0, 0.1) is 0 Å². The highest BCUT2D eigenvalue weighted by atomic mass is 16.4. The minimum atomic E-state index is -1.10. The lowest BCUT2D eigenvalue weighted by molar-refractivity contribution is -0.140. The van der Waals surface area contributed by atoms with E-state index < -0.39 is 12.4 Å². The summed E-state index contributed by atoms with van der Waals surface area (Å²) in [4.78, 5) is 34.9. The molecule has 1 aliphatic heterocycles. The fourth-order valence-corrected chi connectivity index (χ4v) is 2.03. The smallest absolute Gasteiger partial charge is 0.310 e. The molecule has 1 atom stereocenters. The molecule has 1 saturated heterocycles. The lowest BCUT2D eigenvalue weighted by atomic mass is 10.0. The van der Waals surface area contributed by atoms with Gasteiger partial charge >= 0.3 is 5.97 Å². The Hall–Kier alpha value is -1.39. The minimum absolute atomic E-state index is 0.0787. The number of nitrogens with zero attached hydrogens (tertiary/aromatic N) is 1. The number of Topliss-reactive ketones (excluding diaryl/α,β-unsaturated/α-hetero) is 1. The molecule has 90 valence electrons. The number of carboxylic acids is 1. The maximum atomic E-state index is 11.5. The minimum Gasteiger partial charge on any atom is -0.481 e. The number of likely N-dealkylation sites (tertiary alicyclic amines) is 1. The predicted molar refractivity (Wildman–Crippen MR) is 56.9 cm³/mol. The van der Waals surface area contributed by atoms with Crippen LogP contribution in [0.4, 0.5) is 0 Å². The third-order valence-corrected chi connectivity index (χ3v) is 2.83. The zero-order valence-electron chi connectivity index (χ0n) is 9.44. The molecule has 0 aromatic rings. The average molecular weight is 227 g/mol. The molecular formula is C11H17NO4. The van der Waals surface area contributed by atoms with E-state index in [4.69, 9.17) is 5.11 Å². The van der Waals surface area contributed by atoms with Gasteiger partial charge in [0, 0.05) is 25.4 Å². The van der Waals surface area contributed by atoms with Crippen LogP contribution in [0.25, 0.3) is 0 Å². The summed E-state index contributed by atoms with van der Waals surface area (Å²) >= 11 is 0. The molecular weight excluding hydrogens is 210 g/mol. The van der Waals surface area contributed by atoms with Gasteiger partial charge in [-0.1, -0.05) is 6.92 Å². The van der Waals surface area contributed by atoms with Crippen molar-refractivity contribution in [2.45, 2.75) is 45.1 Å². The van der Waals surface area contributed by atoms with Crippen molar-refractivity contribution in [3.63, 3.8) is 0 Å². The van der Waals surface area contributed by atoms with Crippen LogP contribution in [0.3, 0.4) is 0 Å². The van der Waals surface area contributed by atoms with Gasteiger partial charge in [-0.3, -0.25) is 14.4 Å². The molecule has 0 saturated carbocycles. The summed E-state index contributed by atoms with van der Waals surface area (Å²) < 4.78 is 0. The summed E-state index contributed by atoms with van der Waals surface area (Å²) in [6.07, 6.45) is 1.79. The molecule has 1 amide bonds. The third-order valence-electron chi connectivity index (χ3n) is 2.83. The maximum absolute atomic E-state index is 11.5. The van der Waals surface area contributed by atoms with Crippen LogP contribution >= 0.6 is 0 Å². The van der Waals surface area contributed by atoms with Gasteiger partial charge in [0.1, 0.15) is 12.2 Å². The van der Waals surface area contributed by atoms with E-state index in [9.17, 15) is 14.4 Å². The number of rotatable bonds is 6. The Morgan fingerprint density at radius 1 is 1.50 bits per heavy atom. The zero-order valence-corrected chi connectivity index (χ0v) is 9.44. The van der Waals surface area contributed by atoms with Gasteiger partial charge in [0.05, 0.1) is 0 Å². The van der Waals surface area contributed by atoms with E-state index in [1.807, 2.05) is 6.92 Å². The Kier molecular flexibility index (Phi) is 4.46. The Morgan fingerprint density at radius 3 is 2.62 bits per heavy atom. The zero-order chi connectivity index (χ0) is 12.1. The summed E-state index contributed by atoms with van der Waals surface area (Å²) in [6, 6.07) is -0.123. The van der Waals surface area contributed by atoms with E-state index in [1.54, 1.807) is 4.90 Å². The Balaban J connectivity index is 2.51. The molecule has 0 aliphatic carbocycles. The van der Waals surface area contributed by atoms with Gasteiger partial charge in [0.2, 0.25) is 5.91 Å². The second kappa shape index (κ2) is 5.63. The molecule has 1 unspecified atom stereocenters. The molecule has 1 rings (SSSR count). The molecule has 5 heteroatoms. The Morgan fingerprint density at radius 2 is 2.19 bits per heavy atom.